The van der Waals surface area contributed by atoms with E-state index in [9.17, 15) is 13.2 Å². The zero-order valence-electron chi connectivity index (χ0n) is 13.1. The Labute approximate surface area is 135 Å². The highest BCUT2D eigenvalue weighted by atomic mass is 32.2. The Hall–Kier alpha value is -1.64. The highest BCUT2D eigenvalue weighted by molar-refractivity contribution is 7.88. The molecule has 2 aliphatic rings. The van der Waals surface area contributed by atoms with Gasteiger partial charge in [0.2, 0.25) is 15.9 Å². The van der Waals surface area contributed by atoms with Gasteiger partial charge in [-0.1, -0.05) is 12.1 Å². The Morgan fingerprint density at radius 3 is 2.78 bits per heavy atom. The van der Waals surface area contributed by atoms with Crippen LogP contribution in [0.4, 0.5) is 5.69 Å². The number of ether oxygens (including phenoxy) is 2. The zero-order chi connectivity index (χ0) is 16.6. The third kappa shape index (κ3) is 3.06. The maximum absolute atomic E-state index is 13.0. The second-order valence-electron chi connectivity index (χ2n) is 5.77. The molecule has 2 atom stereocenters. The minimum atomic E-state index is -3.48. The first-order chi connectivity index (χ1) is 10.9. The lowest BCUT2D eigenvalue weighted by Gasteiger charge is -2.31. The molecule has 1 saturated heterocycles. The molecular weight excluding hydrogens is 320 g/mol. The van der Waals surface area contributed by atoms with Crippen LogP contribution in [0.1, 0.15) is 6.42 Å². The van der Waals surface area contributed by atoms with Crippen LogP contribution < -0.4 is 9.64 Å². The van der Waals surface area contributed by atoms with Crippen LogP contribution in [0.5, 0.6) is 5.75 Å². The summed E-state index contributed by atoms with van der Waals surface area (Å²) in [6, 6.07) is 6.54. The Morgan fingerprint density at radius 2 is 2.09 bits per heavy atom. The van der Waals surface area contributed by atoms with Gasteiger partial charge in [0.1, 0.15) is 17.9 Å². The molecule has 0 aliphatic carbocycles. The molecular formula is C15H20N2O5S. The normalized spacial score (nSPS) is 24.8. The first-order valence-electron chi connectivity index (χ1n) is 7.44. The molecule has 7 nitrogen and oxygen atoms in total. The van der Waals surface area contributed by atoms with Crippen molar-refractivity contribution in [2.24, 2.45) is 0 Å². The molecule has 0 saturated carbocycles. The van der Waals surface area contributed by atoms with Crippen LogP contribution in [0.15, 0.2) is 24.3 Å². The predicted octanol–water partition coefficient (Wildman–Crippen LogP) is 0.461. The molecule has 0 unspecified atom stereocenters. The van der Waals surface area contributed by atoms with Crippen molar-refractivity contribution >= 4 is 21.6 Å². The van der Waals surface area contributed by atoms with Crippen LogP contribution in [0.25, 0.3) is 0 Å². The summed E-state index contributed by atoms with van der Waals surface area (Å²) in [5.74, 6) is 0.362. The maximum Gasteiger partial charge on any atom is 0.245 e. The van der Waals surface area contributed by atoms with Crippen molar-refractivity contribution < 1.29 is 22.7 Å². The van der Waals surface area contributed by atoms with Crippen LogP contribution in [-0.4, -0.2) is 63.8 Å². The van der Waals surface area contributed by atoms with Gasteiger partial charge < -0.3 is 14.4 Å². The largest absolute Gasteiger partial charge is 0.487 e. The van der Waals surface area contributed by atoms with Gasteiger partial charge in [0.15, 0.2) is 0 Å². The SMILES string of the molecule is COCCN1C(=O)[C@@H]2C[C@@H](CN2S(C)(=O)=O)Oc2ccccc21. The van der Waals surface area contributed by atoms with Gasteiger partial charge in [-0.25, -0.2) is 8.42 Å². The van der Waals surface area contributed by atoms with Crippen molar-refractivity contribution in [2.45, 2.75) is 18.6 Å². The van der Waals surface area contributed by atoms with Crippen LogP contribution in [0.2, 0.25) is 0 Å². The highest BCUT2D eigenvalue weighted by Crippen LogP contribution is 2.36. The number of carbonyl (C=O) groups is 1. The van der Waals surface area contributed by atoms with Gasteiger partial charge >= 0.3 is 0 Å². The van der Waals surface area contributed by atoms with Crippen molar-refractivity contribution in [3.05, 3.63) is 24.3 Å². The van der Waals surface area contributed by atoms with Gasteiger partial charge in [-0.2, -0.15) is 4.31 Å². The predicted molar refractivity (Wildman–Crippen MR) is 85.0 cm³/mol. The van der Waals surface area contributed by atoms with Crippen LogP contribution in [-0.2, 0) is 19.6 Å². The van der Waals surface area contributed by atoms with Gasteiger partial charge in [0.05, 0.1) is 25.1 Å². The van der Waals surface area contributed by atoms with Crippen LogP contribution >= 0.6 is 0 Å². The molecule has 0 radical (unpaired) electrons. The molecule has 2 heterocycles. The summed E-state index contributed by atoms with van der Waals surface area (Å²) in [6.45, 7) is 0.894. The Balaban J connectivity index is 2.03. The summed E-state index contributed by atoms with van der Waals surface area (Å²) in [6.07, 6.45) is 1.17. The standard InChI is InChI=1S/C15H20N2O5S/c1-21-8-7-16-12-5-3-4-6-14(12)22-11-9-13(15(16)18)17(10-11)23(2,19)20/h3-6,11,13H,7-10H2,1-2H3/t11-,13-/m0/s1. The molecule has 2 aliphatic heterocycles. The topological polar surface area (TPSA) is 76.2 Å². The molecule has 1 fully saturated rings. The zero-order valence-corrected chi connectivity index (χ0v) is 14.0. The molecule has 1 amide bonds. The molecule has 2 bridgehead atoms. The number of hydrogen-bond acceptors (Lipinski definition) is 5. The van der Waals surface area contributed by atoms with E-state index in [1.807, 2.05) is 12.1 Å². The third-order valence-corrected chi connectivity index (χ3v) is 5.42. The summed E-state index contributed by atoms with van der Waals surface area (Å²) >= 11 is 0. The summed E-state index contributed by atoms with van der Waals surface area (Å²) in [5, 5.41) is 0. The maximum atomic E-state index is 13.0. The van der Waals surface area contributed by atoms with Gasteiger partial charge in [-0.3, -0.25) is 4.79 Å². The van der Waals surface area contributed by atoms with E-state index >= 15 is 0 Å². The molecule has 0 spiro atoms. The molecule has 3 rings (SSSR count). The van der Waals surface area contributed by atoms with Gasteiger partial charge in [-0.15, -0.1) is 0 Å². The molecule has 0 aromatic heterocycles. The lowest BCUT2D eigenvalue weighted by molar-refractivity contribution is -0.122. The van der Waals surface area contributed by atoms with Crippen molar-refractivity contribution in [3.63, 3.8) is 0 Å². The van der Waals surface area contributed by atoms with Gasteiger partial charge in [0.25, 0.3) is 0 Å². The number of rotatable bonds is 4. The number of nitrogens with zero attached hydrogens (tertiary/aromatic N) is 2. The third-order valence-electron chi connectivity index (χ3n) is 4.16. The van der Waals surface area contributed by atoms with Crippen molar-refractivity contribution in [1.82, 2.24) is 4.31 Å². The van der Waals surface area contributed by atoms with Crippen molar-refractivity contribution in [2.75, 3.05) is 38.0 Å². The van der Waals surface area contributed by atoms with Crippen molar-refractivity contribution in [3.8, 4) is 5.75 Å². The highest BCUT2D eigenvalue weighted by Gasteiger charge is 2.46. The number of sulfonamides is 1. The minimum Gasteiger partial charge on any atom is -0.487 e. The average molecular weight is 340 g/mol. The molecule has 1 aromatic carbocycles. The van der Waals surface area contributed by atoms with E-state index in [1.54, 1.807) is 24.1 Å². The number of fused-ring (bicyclic) bond motifs is 3. The smallest absolute Gasteiger partial charge is 0.245 e. The van der Waals surface area contributed by atoms with E-state index in [0.717, 1.165) is 6.26 Å². The molecule has 1 aromatic rings. The van der Waals surface area contributed by atoms with Crippen LogP contribution in [0.3, 0.4) is 0 Å². The lowest BCUT2D eigenvalue weighted by atomic mass is 10.1. The lowest BCUT2D eigenvalue weighted by Crippen LogP contribution is -2.48. The number of anilines is 1. The number of amides is 1. The first-order valence-corrected chi connectivity index (χ1v) is 9.29. The summed E-state index contributed by atoms with van der Waals surface area (Å²) in [4.78, 5) is 14.5. The van der Waals surface area contributed by atoms with E-state index in [4.69, 9.17) is 9.47 Å². The van der Waals surface area contributed by atoms with E-state index in [1.165, 1.54) is 4.31 Å². The second kappa shape index (κ2) is 6.10. The molecule has 8 heteroatoms. The van der Waals surface area contributed by atoms with E-state index in [-0.39, 0.29) is 18.6 Å². The number of hydrogen-bond donors (Lipinski definition) is 0. The molecule has 0 N–H and O–H groups in total. The van der Waals surface area contributed by atoms with Crippen LogP contribution in [0, 0.1) is 0 Å². The Morgan fingerprint density at radius 1 is 1.35 bits per heavy atom. The quantitative estimate of drug-likeness (QED) is 0.796. The fourth-order valence-electron chi connectivity index (χ4n) is 3.12. The fourth-order valence-corrected chi connectivity index (χ4v) is 4.19. The molecule has 23 heavy (non-hydrogen) atoms. The number of carbonyl (C=O) groups excluding carboxylic acids is 1. The minimum absolute atomic E-state index is 0.196. The monoisotopic (exact) mass is 340 g/mol. The average Bonchev–Trinajstić information content (AvgIpc) is 2.93. The second-order valence-corrected chi connectivity index (χ2v) is 7.71. The summed E-state index contributed by atoms with van der Waals surface area (Å²) in [7, 11) is -1.92. The Kier molecular flexibility index (Phi) is 4.31. The molecule has 126 valence electrons. The van der Waals surface area contributed by atoms with Crippen molar-refractivity contribution in [1.29, 1.82) is 0 Å². The number of benzene rings is 1. The number of para-hydroxylation sites is 2. The summed E-state index contributed by atoms with van der Waals surface area (Å²) < 4.78 is 36.3. The first kappa shape index (κ1) is 16.2. The van der Waals surface area contributed by atoms with Gasteiger partial charge in [0, 0.05) is 20.1 Å². The fraction of sp³-hybridized carbons (Fsp3) is 0.533. The van der Waals surface area contributed by atoms with E-state index in [0.29, 0.717) is 31.0 Å². The van der Waals surface area contributed by atoms with Gasteiger partial charge in [-0.05, 0) is 12.1 Å². The summed E-state index contributed by atoms with van der Waals surface area (Å²) in [5.41, 5.74) is 0.652. The number of methoxy groups -OCH3 is 1. The Bertz CT molecular complexity index is 706. The van der Waals surface area contributed by atoms with E-state index in [2.05, 4.69) is 0 Å². The van der Waals surface area contributed by atoms with E-state index < -0.39 is 16.1 Å².